The van der Waals surface area contributed by atoms with Gasteiger partial charge in [-0.1, -0.05) is 29.8 Å². The van der Waals surface area contributed by atoms with Gasteiger partial charge in [0.25, 0.3) is 5.91 Å². The second kappa shape index (κ2) is 8.56. The fourth-order valence-electron chi connectivity index (χ4n) is 2.64. The Hall–Kier alpha value is -3.05. The molecule has 0 saturated heterocycles. The first-order valence-electron chi connectivity index (χ1n) is 8.42. The average Bonchev–Trinajstić information content (AvgIpc) is 2.70. The molecule has 138 valence electrons. The lowest BCUT2D eigenvalue weighted by Gasteiger charge is -2.09. The first kappa shape index (κ1) is 18.7. The first-order valence-corrected chi connectivity index (χ1v) is 8.80. The van der Waals surface area contributed by atoms with Crippen LogP contribution in [0.25, 0.3) is 10.8 Å². The molecular formula is C21H19ClN2O3. The topological polar surface area (TPSA) is 67.4 Å². The van der Waals surface area contributed by atoms with E-state index in [9.17, 15) is 9.59 Å². The molecule has 6 heteroatoms. The van der Waals surface area contributed by atoms with E-state index in [1.54, 1.807) is 31.4 Å². The van der Waals surface area contributed by atoms with Crippen LogP contribution in [0.1, 0.15) is 15.9 Å². The summed E-state index contributed by atoms with van der Waals surface area (Å²) in [6, 6.07) is 18.3. The molecule has 0 aliphatic carbocycles. The zero-order valence-electron chi connectivity index (χ0n) is 14.8. The van der Waals surface area contributed by atoms with Crippen LogP contribution in [-0.2, 0) is 11.3 Å². The lowest BCUT2D eigenvalue weighted by Crippen LogP contribution is -2.36. The standard InChI is InChI=1S/C21H19ClN2O3/c1-27-19-9-6-16-10-14(2-3-17(16)11-19)12-23-20(25)13-24-21(26)15-4-7-18(22)8-5-15/h2-11H,12-13H2,1H3,(H,23,25)(H,24,26). The molecular weight excluding hydrogens is 364 g/mol. The van der Waals surface area contributed by atoms with Crippen LogP contribution >= 0.6 is 11.6 Å². The summed E-state index contributed by atoms with van der Waals surface area (Å²) in [5.41, 5.74) is 1.43. The van der Waals surface area contributed by atoms with Gasteiger partial charge < -0.3 is 15.4 Å². The minimum Gasteiger partial charge on any atom is -0.497 e. The van der Waals surface area contributed by atoms with Crippen molar-refractivity contribution in [1.82, 2.24) is 10.6 Å². The van der Waals surface area contributed by atoms with Crippen molar-refractivity contribution in [2.24, 2.45) is 0 Å². The normalized spacial score (nSPS) is 10.4. The third-order valence-electron chi connectivity index (χ3n) is 4.12. The quantitative estimate of drug-likeness (QED) is 0.685. The Kier molecular flexibility index (Phi) is 5.94. The number of nitrogens with one attached hydrogen (secondary N) is 2. The van der Waals surface area contributed by atoms with Crippen LogP contribution < -0.4 is 15.4 Å². The van der Waals surface area contributed by atoms with Crippen LogP contribution in [-0.4, -0.2) is 25.5 Å². The number of carbonyl (C=O) groups is 2. The number of amides is 2. The fraction of sp³-hybridized carbons (Fsp3) is 0.143. The Labute approximate surface area is 162 Å². The Morgan fingerprint density at radius 2 is 1.63 bits per heavy atom. The fourth-order valence-corrected chi connectivity index (χ4v) is 2.76. The highest BCUT2D eigenvalue weighted by Crippen LogP contribution is 2.21. The lowest BCUT2D eigenvalue weighted by atomic mass is 10.1. The summed E-state index contributed by atoms with van der Waals surface area (Å²) in [5, 5.41) is 8.08. The number of carbonyl (C=O) groups excluding carboxylic acids is 2. The number of ether oxygens (including phenoxy) is 1. The third kappa shape index (κ3) is 4.99. The van der Waals surface area contributed by atoms with Gasteiger partial charge in [-0.25, -0.2) is 0 Å². The summed E-state index contributed by atoms with van der Waals surface area (Å²) >= 11 is 5.79. The number of hydrogen-bond donors (Lipinski definition) is 2. The van der Waals surface area contributed by atoms with Crippen molar-refractivity contribution < 1.29 is 14.3 Å². The maximum atomic E-state index is 12.0. The number of halogens is 1. The van der Waals surface area contributed by atoms with Crippen LogP contribution in [0, 0.1) is 0 Å². The van der Waals surface area contributed by atoms with E-state index in [2.05, 4.69) is 10.6 Å². The molecule has 27 heavy (non-hydrogen) atoms. The first-order chi connectivity index (χ1) is 13.0. The zero-order chi connectivity index (χ0) is 19.2. The third-order valence-corrected chi connectivity index (χ3v) is 4.37. The number of methoxy groups -OCH3 is 1. The van der Waals surface area contributed by atoms with E-state index in [1.165, 1.54) is 0 Å². The van der Waals surface area contributed by atoms with Gasteiger partial charge in [0.05, 0.1) is 13.7 Å². The minimum atomic E-state index is -0.318. The average molecular weight is 383 g/mol. The highest BCUT2D eigenvalue weighted by atomic mass is 35.5. The van der Waals surface area contributed by atoms with Crippen molar-refractivity contribution in [1.29, 1.82) is 0 Å². The monoisotopic (exact) mass is 382 g/mol. The van der Waals surface area contributed by atoms with Gasteiger partial charge in [0.2, 0.25) is 5.91 Å². The van der Waals surface area contributed by atoms with E-state index in [-0.39, 0.29) is 18.4 Å². The van der Waals surface area contributed by atoms with Crippen LogP contribution in [0.15, 0.2) is 60.7 Å². The predicted octanol–water partition coefficient (Wildman–Crippen LogP) is 3.55. The summed E-state index contributed by atoms with van der Waals surface area (Å²) in [5.74, 6) is 0.230. The van der Waals surface area contributed by atoms with Gasteiger partial charge in [0.1, 0.15) is 5.75 Å². The van der Waals surface area contributed by atoms with Crippen LogP contribution in [0.4, 0.5) is 0 Å². The predicted molar refractivity (Wildman–Crippen MR) is 106 cm³/mol. The smallest absolute Gasteiger partial charge is 0.251 e. The molecule has 0 saturated carbocycles. The molecule has 0 atom stereocenters. The van der Waals surface area contributed by atoms with Crippen molar-refractivity contribution >= 4 is 34.2 Å². The van der Waals surface area contributed by atoms with Gasteiger partial charge >= 0.3 is 0 Å². The molecule has 0 heterocycles. The van der Waals surface area contributed by atoms with E-state index in [1.807, 2.05) is 36.4 Å². The maximum absolute atomic E-state index is 12.0. The van der Waals surface area contributed by atoms with Crippen molar-refractivity contribution in [3.05, 3.63) is 76.8 Å². The summed E-state index contributed by atoms with van der Waals surface area (Å²) in [4.78, 5) is 24.0. The molecule has 0 spiro atoms. The van der Waals surface area contributed by atoms with E-state index < -0.39 is 0 Å². The second-order valence-electron chi connectivity index (χ2n) is 6.01. The summed E-state index contributed by atoms with van der Waals surface area (Å²) in [6.45, 7) is 0.295. The van der Waals surface area contributed by atoms with Crippen molar-refractivity contribution in [2.45, 2.75) is 6.54 Å². The van der Waals surface area contributed by atoms with Gasteiger partial charge in [0, 0.05) is 17.1 Å². The van der Waals surface area contributed by atoms with Crippen LogP contribution in [0.2, 0.25) is 5.02 Å². The molecule has 5 nitrogen and oxygen atoms in total. The molecule has 0 unspecified atom stereocenters. The van der Waals surface area contributed by atoms with E-state index >= 15 is 0 Å². The van der Waals surface area contributed by atoms with Gasteiger partial charge in [-0.05, 0) is 58.8 Å². The number of benzene rings is 3. The molecule has 2 N–H and O–H groups in total. The molecule has 3 rings (SSSR count). The largest absolute Gasteiger partial charge is 0.497 e. The van der Waals surface area contributed by atoms with Crippen molar-refractivity contribution in [2.75, 3.05) is 13.7 Å². The highest BCUT2D eigenvalue weighted by Gasteiger charge is 2.08. The van der Waals surface area contributed by atoms with Crippen LogP contribution in [0.3, 0.4) is 0 Å². The summed E-state index contributed by atoms with van der Waals surface area (Å²) in [7, 11) is 1.64. The van der Waals surface area contributed by atoms with Gasteiger partial charge in [-0.15, -0.1) is 0 Å². The Morgan fingerprint density at radius 3 is 2.37 bits per heavy atom. The molecule has 0 radical (unpaired) electrons. The molecule has 0 fully saturated rings. The summed E-state index contributed by atoms with van der Waals surface area (Å²) < 4.78 is 5.22. The number of fused-ring (bicyclic) bond motifs is 1. The van der Waals surface area contributed by atoms with Crippen molar-refractivity contribution in [3.8, 4) is 5.75 Å². The molecule has 0 bridgehead atoms. The Balaban J connectivity index is 1.52. The maximum Gasteiger partial charge on any atom is 0.251 e. The molecule has 0 aliphatic rings. The molecule has 0 aromatic heterocycles. The SMILES string of the molecule is COc1ccc2cc(CNC(=O)CNC(=O)c3ccc(Cl)cc3)ccc2c1. The lowest BCUT2D eigenvalue weighted by molar-refractivity contribution is -0.120. The molecule has 3 aromatic carbocycles. The summed E-state index contributed by atoms with van der Waals surface area (Å²) in [6.07, 6.45) is 0. The zero-order valence-corrected chi connectivity index (χ0v) is 15.5. The molecule has 3 aromatic rings. The second-order valence-corrected chi connectivity index (χ2v) is 6.45. The number of rotatable bonds is 6. The van der Waals surface area contributed by atoms with Gasteiger partial charge in [-0.2, -0.15) is 0 Å². The Morgan fingerprint density at radius 1 is 0.926 bits per heavy atom. The van der Waals surface area contributed by atoms with E-state index in [0.29, 0.717) is 17.1 Å². The highest BCUT2D eigenvalue weighted by molar-refractivity contribution is 6.30. The van der Waals surface area contributed by atoms with Gasteiger partial charge in [-0.3, -0.25) is 9.59 Å². The number of hydrogen-bond acceptors (Lipinski definition) is 3. The van der Waals surface area contributed by atoms with Gasteiger partial charge in [0.15, 0.2) is 0 Å². The van der Waals surface area contributed by atoms with E-state index in [4.69, 9.17) is 16.3 Å². The van der Waals surface area contributed by atoms with Crippen molar-refractivity contribution in [3.63, 3.8) is 0 Å². The minimum absolute atomic E-state index is 0.0910. The molecule has 0 aliphatic heterocycles. The molecule has 2 amide bonds. The Bertz CT molecular complexity index is 971. The van der Waals surface area contributed by atoms with Crippen LogP contribution in [0.5, 0.6) is 5.75 Å². The van der Waals surface area contributed by atoms with E-state index in [0.717, 1.165) is 22.1 Å².